The van der Waals surface area contributed by atoms with Gasteiger partial charge in [0, 0.05) is 12.1 Å². The van der Waals surface area contributed by atoms with E-state index in [1.54, 1.807) is 26.2 Å². The quantitative estimate of drug-likeness (QED) is 0.0594. The third-order valence-electron chi connectivity index (χ3n) is 6.62. The number of nitro groups is 1. The molecular formula is C31H33N2O7P. The minimum Gasteiger partial charge on any atom is -0.497 e. The summed E-state index contributed by atoms with van der Waals surface area (Å²) in [6, 6.07) is 33.2. The molecule has 2 unspecified atom stereocenters. The highest BCUT2D eigenvalue weighted by Crippen LogP contribution is 2.43. The molecule has 0 aromatic heterocycles. The van der Waals surface area contributed by atoms with Crippen molar-refractivity contribution in [2.45, 2.75) is 25.2 Å². The van der Waals surface area contributed by atoms with Crippen LogP contribution in [0.1, 0.15) is 29.2 Å². The highest BCUT2D eigenvalue weighted by atomic mass is 31.2. The maximum absolute atomic E-state index is 12.8. The van der Waals surface area contributed by atoms with Crippen molar-refractivity contribution < 1.29 is 28.4 Å². The number of methoxy groups -OCH3 is 1. The van der Waals surface area contributed by atoms with Gasteiger partial charge in [0.25, 0.3) is 5.69 Å². The topological polar surface area (TPSA) is 120 Å². The Morgan fingerprint density at radius 2 is 1.41 bits per heavy atom. The summed E-state index contributed by atoms with van der Waals surface area (Å²) >= 11 is 0. The smallest absolute Gasteiger partial charge is 0.341 e. The van der Waals surface area contributed by atoms with E-state index in [1.165, 1.54) is 12.1 Å². The molecule has 0 aliphatic carbocycles. The molecule has 10 heteroatoms. The predicted octanol–water partition coefficient (Wildman–Crippen LogP) is 6.25. The Morgan fingerprint density at radius 1 is 0.878 bits per heavy atom. The van der Waals surface area contributed by atoms with Gasteiger partial charge in [-0.1, -0.05) is 84.9 Å². The Kier molecular flexibility index (Phi) is 10.0. The van der Waals surface area contributed by atoms with Crippen LogP contribution in [0.4, 0.5) is 5.69 Å². The lowest BCUT2D eigenvalue weighted by atomic mass is 9.80. The number of ether oxygens (including phenoxy) is 2. The number of nitrogens with zero attached hydrogens (tertiary/aromatic N) is 1. The lowest BCUT2D eigenvalue weighted by Crippen LogP contribution is -2.41. The first-order chi connectivity index (χ1) is 19.7. The van der Waals surface area contributed by atoms with Crippen molar-refractivity contribution in [3.63, 3.8) is 0 Å². The van der Waals surface area contributed by atoms with Crippen molar-refractivity contribution in [2.24, 2.45) is 0 Å². The third-order valence-corrected chi connectivity index (χ3v) is 7.79. The van der Waals surface area contributed by atoms with Crippen molar-refractivity contribution >= 4 is 13.3 Å². The first-order valence-electron chi connectivity index (χ1n) is 13.1. The summed E-state index contributed by atoms with van der Waals surface area (Å²) in [5.74, 6) is 0.710. The maximum Gasteiger partial charge on any atom is 0.341 e. The molecule has 0 heterocycles. The zero-order chi connectivity index (χ0) is 29.3. The summed E-state index contributed by atoms with van der Waals surface area (Å²) in [5, 5.41) is 13.8. The molecule has 41 heavy (non-hydrogen) atoms. The van der Waals surface area contributed by atoms with E-state index in [0.29, 0.717) is 12.2 Å². The zero-order valence-electron chi connectivity index (χ0n) is 22.9. The van der Waals surface area contributed by atoms with E-state index in [2.05, 4.69) is 5.32 Å². The normalized spacial score (nSPS) is 13.7. The SMILES string of the molecule is COc1ccc(C(OC(C)NCP(=O)(O)OCCc2ccc([N+](=O)[O-])cc2)(c2ccccc2)c2ccccc2)cc1. The monoisotopic (exact) mass is 576 g/mol. The summed E-state index contributed by atoms with van der Waals surface area (Å²) in [7, 11) is -2.41. The fourth-order valence-corrected chi connectivity index (χ4v) is 5.52. The van der Waals surface area contributed by atoms with Crippen LogP contribution in [-0.4, -0.2) is 36.0 Å². The van der Waals surface area contributed by atoms with Gasteiger partial charge in [0.1, 0.15) is 23.9 Å². The van der Waals surface area contributed by atoms with Crippen LogP contribution in [0.2, 0.25) is 0 Å². The third kappa shape index (κ3) is 7.67. The summed E-state index contributed by atoms with van der Waals surface area (Å²) in [6.45, 7) is 1.76. The molecule has 0 aliphatic rings. The van der Waals surface area contributed by atoms with Gasteiger partial charge in [-0.15, -0.1) is 0 Å². The minimum atomic E-state index is -4.02. The lowest BCUT2D eigenvalue weighted by Gasteiger charge is -2.38. The van der Waals surface area contributed by atoms with Gasteiger partial charge in [-0.2, -0.15) is 0 Å². The number of hydrogen-bond acceptors (Lipinski definition) is 7. The minimum absolute atomic E-state index is 0.0163. The van der Waals surface area contributed by atoms with Crippen molar-refractivity contribution in [3.8, 4) is 5.75 Å². The van der Waals surface area contributed by atoms with E-state index in [-0.39, 0.29) is 18.6 Å². The van der Waals surface area contributed by atoms with E-state index in [0.717, 1.165) is 22.3 Å². The molecule has 0 fully saturated rings. The summed E-state index contributed by atoms with van der Waals surface area (Å²) in [5.41, 5.74) is 2.33. The van der Waals surface area contributed by atoms with Crippen LogP contribution in [0.3, 0.4) is 0 Å². The lowest BCUT2D eigenvalue weighted by molar-refractivity contribution is -0.384. The van der Waals surface area contributed by atoms with Crippen LogP contribution in [0, 0.1) is 10.1 Å². The molecule has 214 valence electrons. The molecule has 0 amide bonds. The molecule has 0 aliphatic heterocycles. The molecule has 0 radical (unpaired) electrons. The zero-order valence-corrected chi connectivity index (χ0v) is 23.8. The Bertz CT molecular complexity index is 1410. The first kappa shape index (κ1) is 30.1. The number of rotatable bonds is 14. The van der Waals surface area contributed by atoms with E-state index in [1.807, 2.05) is 84.9 Å². The Balaban J connectivity index is 1.50. The number of non-ortho nitro benzene ring substituents is 1. The van der Waals surface area contributed by atoms with Crippen LogP contribution in [0.25, 0.3) is 0 Å². The van der Waals surface area contributed by atoms with Crippen LogP contribution >= 0.6 is 7.60 Å². The van der Waals surface area contributed by atoms with Crippen molar-refractivity contribution in [3.05, 3.63) is 142 Å². The molecule has 0 bridgehead atoms. The maximum atomic E-state index is 12.8. The van der Waals surface area contributed by atoms with Crippen LogP contribution < -0.4 is 10.1 Å². The first-order valence-corrected chi connectivity index (χ1v) is 14.9. The molecule has 9 nitrogen and oxygen atoms in total. The second-order valence-electron chi connectivity index (χ2n) is 9.41. The van der Waals surface area contributed by atoms with Crippen LogP contribution in [0.5, 0.6) is 5.75 Å². The fourth-order valence-electron chi connectivity index (χ4n) is 4.56. The molecule has 2 atom stereocenters. The second-order valence-corrected chi connectivity index (χ2v) is 11.3. The van der Waals surface area contributed by atoms with Crippen molar-refractivity contribution in [2.75, 3.05) is 20.0 Å². The summed E-state index contributed by atoms with van der Waals surface area (Å²) in [4.78, 5) is 20.8. The molecule has 4 aromatic carbocycles. The van der Waals surface area contributed by atoms with Gasteiger partial charge in [0.2, 0.25) is 0 Å². The van der Waals surface area contributed by atoms with Crippen molar-refractivity contribution in [1.29, 1.82) is 0 Å². The van der Waals surface area contributed by atoms with Crippen LogP contribution in [0.15, 0.2) is 109 Å². The van der Waals surface area contributed by atoms with Gasteiger partial charge in [-0.05, 0) is 47.7 Å². The van der Waals surface area contributed by atoms with Gasteiger partial charge in [0.05, 0.1) is 18.6 Å². The van der Waals surface area contributed by atoms with E-state index in [9.17, 15) is 19.6 Å². The largest absolute Gasteiger partial charge is 0.497 e. The Labute approximate surface area is 239 Å². The molecule has 4 rings (SSSR count). The number of nitro benzene ring substituents is 1. The average Bonchev–Trinajstić information content (AvgIpc) is 3.00. The van der Waals surface area contributed by atoms with Gasteiger partial charge >= 0.3 is 7.60 Å². The summed E-state index contributed by atoms with van der Waals surface area (Å²) in [6.07, 6.45) is -0.676. The molecule has 0 saturated carbocycles. The van der Waals surface area contributed by atoms with Gasteiger partial charge in [-0.3, -0.25) is 20.0 Å². The Hall–Kier alpha value is -3.85. The van der Waals surface area contributed by atoms with Gasteiger partial charge in [-0.25, -0.2) is 0 Å². The summed E-state index contributed by atoms with van der Waals surface area (Å²) < 4.78 is 30.3. The molecule has 0 saturated heterocycles. The highest BCUT2D eigenvalue weighted by molar-refractivity contribution is 7.52. The molecule has 0 spiro atoms. The number of benzene rings is 4. The fraction of sp³-hybridized carbons (Fsp3) is 0.226. The highest BCUT2D eigenvalue weighted by Gasteiger charge is 2.39. The van der Waals surface area contributed by atoms with Crippen molar-refractivity contribution in [1.82, 2.24) is 5.32 Å². The molecule has 2 N–H and O–H groups in total. The molecular weight excluding hydrogens is 543 g/mol. The predicted molar refractivity (Wildman–Crippen MR) is 157 cm³/mol. The van der Waals surface area contributed by atoms with E-state index in [4.69, 9.17) is 14.0 Å². The number of nitrogens with one attached hydrogen (secondary N) is 1. The molecule has 4 aromatic rings. The van der Waals surface area contributed by atoms with Gasteiger partial charge in [0.15, 0.2) is 0 Å². The van der Waals surface area contributed by atoms with Gasteiger partial charge < -0.3 is 18.9 Å². The Morgan fingerprint density at radius 3 is 1.93 bits per heavy atom. The number of hydrogen-bond donors (Lipinski definition) is 2. The second kappa shape index (κ2) is 13.7. The van der Waals surface area contributed by atoms with E-state index < -0.39 is 24.3 Å². The standard InChI is InChI=1S/C31H33N2O7P/c1-24(32-23-41(36,37)39-22-21-25-13-17-29(18-14-25)33(34)35)40-31(26-9-5-3-6-10-26,27-11-7-4-8-12-27)28-15-19-30(38-2)20-16-28/h3-20,24,32H,21-23H2,1-2H3,(H,36,37). The van der Waals surface area contributed by atoms with E-state index >= 15 is 0 Å². The average molecular weight is 577 g/mol. The van der Waals surface area contributed by atoms with Crippen LogP contribution in [-0.2, 0) is 25.8 Å².